The number of benzene rings is 7. The summed E-state index contributed by atoms with van der Waals surface area (Å²) in [6, 6.07) is 63.7. The lowest BCUT2D eigenvalue weighted by Gasteiger charge is -2.26. The average molecular weight is 641 g/mol. The van der Waals surface area contributed by atoms with E-state index in [9.17, 15) is 0 Å². The van der Waals surface area contributed by atoms with Crippen molar-refractivity contribution in [2.24, 2.45) is 0 Å². The van der Waals surface area contributed by atoms with Gasteiger partial charge in [0.05, 0.1) is 11.0 Å². The molecule has 0 saturated heterocycles. The Morgan fingerprint density at radius 3 is 1.64 bits per heavy atom. The predicted octanol–water partition coefficient (Wildman–Crippen LogP) is 13.3. The summed E-state index contributed by atoms with van der Waals surface area (Å²) < 4.78 is 2.40. The van der Waals surface area contributed by atoms with Gasteiger partial charge in [-0.05, 0) is 101 Å². The zero-order valence-corrected chi connectivity index (χ0v) is 27.8. The van der Waals surface area contributed by atoms with Crippen molar-refractivity contribution in [3.8, 4) is 27.9 Å². The lowest BCUT2D eigenvalue weighted by Crippen LogP contribution is -2.10. The Bertz CT molecular complexity index is 2480. The van der Waals surface area contributed by atoms with E-state index in [-0.39, 0.29) is 0 Å². The molecule has 0 fully saturated rings. The minimum Gasteiger partial charge on any atom is -0.310 e. The summed E-state index contributed by atoms with van der Waals surface area (Å²) in [5.74, 6) is 0. The van der Waals surface area contributed by atoms with Gasteiger partial charge in [-0.15, -0.1) is 0 Å². The van der Waals surface area contributed by atoms with E-state index in [1.54, 1.807) is 0 Å². The minimum atomic E-state index is 1.11. The van der Waals surface area contributed by atoms with Gasteiger partial charge in [0.15, 0.2) is 0 Å². The highest BCUT2D eigenvalue weighted by molar-refractivity contribution is 6.10. The van der Waals surface area contributed by atoms with Crippen molar-refractivity contribution < 1.29 is 0 Å². The number of hydrogen-bond donors (Lipinski definition) is 0. The first kappa shape index (κ1) is 29.7. The fraction of sp³-hybridized carbons (Fsp3) is 0.0417. The number of anilines is 3. The van der Waals surface area contributed by atoms with Crippen LogP contribution in [0.3, 0.4) is 0 Å². The molecule has 0 atom stereocenters. The molecule has 0 saturated carbocycles. The second-order valence-electron chi connectivity index (χ2n) is 12.9. The predicted molar refractivity (Wildman–Crippen MR) is 213 cm³/mol. The first-order valence-corrected chi connectivity index (χ1v) is 17.4. The molecule has 2 heteroatoms. The van der Waals surface area contributed by atoms with Crippen LogP contribution in [0.25, 0.3) is 55.3 Å². The third kappa shape index (κ3) is 5.51. The maximum atomic E-state index is 2.40. The molecule has 1 aliphatic rings. The Labute approximate surface area is 293 Å². The van der Waals surface area contributed by atoms with Gasteiger partial charge in [0.25, 0.3) is 0 Å². The third-order valence-electron chi connectivity index (χ3n) is 9.83. The van der Waals surface area contributed by atoms with E-state index in [0.29, 0.717) is 0 Å². The lowest BCUT2D eigenvalue weighted by molar-refractivity contribution is 1.04. The highest BCUT2D eigenvalue weighted by atomic mass is 15.1. The molecule has 0 unspecified atom stereocenters. The Kier molecular flexibility index (Phi) is 7.68. The van der Waals surface area contributed by atoms with Crippen molar-refractivity contribution in [3.63, 3.8) is 0 Å². The van der Waals surface area contributed by atoms with Crippen molar-refractivity contribution in [2.45, 2.75) is 12.8 Å². The highest BCUT2D eigenvalue weighted by Gasteiger charge is 2.17. The summed E-state index contributed by atoms with van der Waals surface area (Å²) in [7, 11) is 0. The highest BCUT2D eigenvalue weighted by Crippen LogP contribution is 2.40. The van der Waals surface area contributed by atoms with Gasteiger partial charge in [0.2, 0.25) is 0 Å². The average Bonchev–Trinajstić information content (AvgIpc) is 3.53. The molecule has 0 aliphatic heterocycles. The van der Waals surface area contributed by atoms with Crippen molar-refractivity contribution in [3.05, 3.63) is 200 Å². The molecule has 0 bridgehead atoms. The number of hydrogen-bond acceptors (Lipinski definition) is 1. The molecular weight excluding hydrogens is 605 g/mol. The van der Waals surface area contributed by atoms with Crippen LogP contribution < -0.4 is 4.90 Å². The molecule has 1 heterocycles. The monoisotopic (exact) mass is 640 g/mol. The Morgan fingerprint density at radius 1 is 0.400 bits per heavy atom. The zero-order valence-electron chi connectivity index (χ0n) is 27.8. The molecule has 50 heavy (non-hydrogen) atoms. The summed E-state index contributed by atoms with van der Waals surface area (Å²) >= 11 is 0. The molecule has 238 valence electrons. The van der Waals surface area contributed by atoms with Crippen LogP contribution in [0.5, 0.6) is 0 Å². The van der Waals surface area contributed by atoms with Crippen LogP contribution in [0.4, 0.5) is 17.1 Å². The van der Waals surface area contributed by atoms with Crippen molar-refractivity contribution in [1.29, 1.82) is 0 Å². The summed E-state index contributed by atoms with van der Waals surface area (Å²) in [5.41, 5.74) is 14.3. The fourth-order valence-corrected chi connectivity index (χ4v) is 7.32. The van der Waals surface area contributed by atoms with Gasteiger partial charge in [-0.2, -0.15) is 0 Å². The standard InChI is InChI=1S/C48H36N2/c1-4-12-35(13-5-1)37-20-22-38(23-21-37)40-24-28-42(29-25-40)49(41-16-8-3-9-17-41)44-32-33-46-45-18-10-11-19-47(45)50(48(46)34-44)43-30-26-39(27-31-43)36-14-6-2-7-15-36/h2-4,6-34H,1,5H2. The molecule has 7 aromatic carbocycles. The fourth-order valence-electron chi connectivity index (χ4n) is 7.32. The Morgan fingerprint density at radius 2 is 0.940 bits per heavy atom. The van der Waals surface area contributed by atoms with Crippen molar-refractivity contribution in [1.82, 2.24) is 4.57 Å². The van der Waals surface area contributed by atoms with E-state index in [1.165, 1.54) is 55.2 Å². The zero-order chi connectivity index (χ0) is 33.3. The first-order chi connectivity index (χ1) is 24.8. The molecule has 1 aliphatic carbocycles. The maximum absolute atomic E-state index is 2.40. The van der Waals surface area contributed by atoms with Crippen LogP contribution >= 0.6 is 0 Å². The SMILES string of the molecule is C1=CC(c2ccc(-c3ccc(N(c4ccccc4)c4ccc5c6ccccc6n(-c6ccc(-c7ccccc7)cc6)c5c4)cc3)cc2)=CCC1. The van der Waals surface area contributed by atoms with E-state index in [0.717, 1.165) is 35.6 Å². The van der Waals surface area contributed by atoms with E-state index in [2.05, 4.69) is 204 Å². The molecule has 0 amide bonds. The van der Waals surface area contributed by atoms with Crippen LogP contribution in [-0.4, -0.2) is 4.57 Å². The smallest absolute Gasteiger partial charge is 0.0561 e. The second kappa shape index (κ2) is 12.9. The number of aromatic nitrogens is 1. The molecule has 0 N–H and O–H groups in total. The molecule has 8 aromatic rings. The summed E-state index contributed by atoms with van der Waals surface area (Å²) in [4.78, 5) is 2.36. The number of fused-ring (bicyclic) bond motifs is 3. The van der Waals surface area contributed by atoms with E-state index in [4.69, 9.17) is 0 Å². The van der Waals surface area contributed by atoms with Gasteiger partial charge in [-0.25, -0.2) is 0 Å². The first-order valence-electron chi connectivity index (χ1n) is 17.4. The van der Waals surface area contributed by atoms with Gasteiger partial charge in [-0.1, -0.05) is 140 Å². The van der Waals surface area contributed by atoms with Gasteiger partial charge < -0.3 is 9.47 Å². The molecule has 2 nitrogen and oxygen atoms in total. The topological polar surface area (TPSA) is 8.17 Å². The normalized spacial score (nSPS) is 12.7. The number of allylic oxidation sites excluding steroid dienone is 4. The summed E-state index contributed by atoms with van der Waals surface area (Å²) in [5, 5.41) is 2.49. The molecule has 0 spiro atoms. The quantitative estimate of drug-likeness (QED) is 0.168. The van der Waals surface area contributed by atoms with E-state index >= 15 is 0 Å². The van der Waals surface area contributed by atoms with Crippen LogP contribution in [-0.2, 0) is 0 Å². The van der Waals surface area contributed by atoms with Crippen molar-refractivity contribution >= 4 is 44.4 Å². The lowest BCUT2D eigenvalue weighted by atomic mass is 9.97. The van der Waals surface area contributed by atoms with Crippen LogP contribution in [0, 0.1) is 0 Å². The maximum Gasteiger partial charge on any atom is 0.0561 e. The number of rotatable bonds is 7. The van der Waals surface area contributed by atoms with Crippen molar-refractivity contribution in [2.75, 3.05) is 4.90 Å². The molecule has 9 rings (SSSR count). The van der Waals surface area contributed by atoms with E-state index < -0.39 is 0 Å². The van der Waals surface area contributed by atoms with Crippen LogP contribution in [0.2, 0.25) is 0 Å². The minimum absolute atomic E-state index is 1.11. The van der Waals surface area contributed by atoms with Gasteiger partial charge in [0, 0.05) is 33.5 Å². The van der Waals surface area contributed by atoms with Gasteiger partial charge in [-0.3, -0.25) is 0 Å². The second-order valence-corrected chi connectivity index (χ2v) is 12.9. The summed E-state index contributed by atoms with van der Waals surface area (Å²) in [6.45, 7) is 0. The number of para-hydroxylation sites is 2. The van der Waals surface area contributed by atoms with Gasteiger partial charge >= 0.3 is 0 Å². The van der Waals surface area contributed by atoms with Crippen LogP contribution in [0.15, 0.2) is 194 Å². The van der Waals surface area contributed by atoms with Gasteiger partial charge in [0.1, 0.15) is 0 Å². The Balaban J connectivity index is 1.12. The van der Waals surface area contributed by atoms with Crippen LogP contribution in [0.1, 0.15) is 18.4 Å². The molecule has 1 aromatic heterocycles. The summed E-state index contributed by atoms with van der Waals surface area (Å²) in [6.07, 6.45) is 9.09. The number of nitrogens with zero attached hydrogens (tertiary/aromatic N) is 2. The molecule has 0 radical (unpaired) electrons. The third-order valence-corrected chi connectivity index (χ3v) is 9.83. The van der Waals surface area contributed by atoms with E-state index in [1.807, 2.05) is 0 Å². The largest absolute Gasteiger partial charge is 0.310 e. The Hall–Kier alpha value is -6.38. The molecular formula is C48H36N2.